The first kappa shape index (κ1) is 30.5. The number of nitrogens with one attached hydrogen (secondary N) is 2. The van der Waals surface area contributed by atoms with E-state index < -0.39 is 59.5 Å². The number of alkyl halides is 8. The SMILES string of the molecule is O=c1[nH]ncc(NC(CCCn2cnc3nc(-c4ccc(C(F)(F)F)cn4)ccc3c2=O)COC(F)F)c1C(F)(F)F. The van der Waals surface area contributed by atoms with Gasteiger partial charge in [-0.3, -0.25) is 19.1 Å². The first-order chi connectivity index (χ1) is 19.7. The topological polar surface area (TPSA) is 128 Å². The van der Waals surface area contributed by atoms with Crippen molar-refractivity contribution in [3.05, 3.63) is 74.8 Å². The first-order valence-corrected chi connectivity index (χ1v) is 11.9. The molecule has 2 N–H and O–H groups in total. The quantitative estimate of drug-likeness (QED) is 0.254. The third-order valence-electron chi connectivity index (χ3n) is 5.91. The van der Waals surface area contributed by atoms with E-state index in [9.17, 15) is 44.7 Å². The van der Waals surface area contributed by atoms with Gasteiger partial charge < -0.3 is 10.1 Å². The number of aromatic nitrogens is 6. The van der Waals surface area contributed by atoms with E-state index in [0.717, 1.165) is 18.5 Å². The number of ether oxygens (including phenoxy) is 1. The predicted octanol–water partition coefficient (Wildman–Crippen LogP) is 4.47. The molecule has 0 saturated heterocycles. The van der Waals surface area contributed by atoms with Crippen molar-refractivity contribution in [1.29, 1.82) is 0 Å². The van der Waals surface area contributed by atoms with Crippen LogP contribution in [-0.4, -0.2) is 49.0 Å². The van der Waals surface area contributed by atoms with Gasteiger partial charge in [0, 0.05) is 18.8 Å². The lowest BCUT2D eigenvalue weighted by atomic mass is 10.1. The van der Waals surface area contributed by atoms with E-state index in [0.29, 0.717) is 12.4 Å². The monoisotopic (exact) mass is 605 g/mol. The van der Waals surface area contributed by atoms with Gasteiger partial charge in [0.15, 0.2) is 5.65 Å². The van der Waals surface area contributed by atoms with Gasteiger partial charge in [-0.1, -0.05) is 0 Å². The lowest BCUT2D eigenvalue weighted by molar-refractivity contribution is -0.139. The Morgan fingerprint density at radius 3 is 2.33 bits per heavy atom. The second kappa shape index (κ2) is 12.2. The van der Waals surface area contributed by atoms with Gasteiger partial charge in [-0.2, -0.15) is 40.2 Å². The van der Waals surface area contributed by atoms with Crippen molar-refractivity contribution in [1.82, 2.24) is 29.7 Å². The van der Waals surface area contributed by atoms with Crippen molar-refractivity contribution in [2.24, 2.45) is 0 Å². The molecule has 0 aliphatic rings. The Morgan fingerprint density at radius 1 is 0.952 bits per heavy atom. The molecule has 4 heterocycles. The van der Waals surface area contributed by atoms with E-state index in [1.807, 2.05) is 0 Å². The molecule has 10 nitrogen and oxygen atoms in total. The molecule has 0 saturated carbocycles. The van der Waals surface area contributed by atoms with Crippen LogP contribution >= 0.6 is 0 Å². The van der Waals surface area contributed by atoms with E-state index in [-0.39, 0.29) is 41.8 Å². The highest BCUT2D eigenvalue weighted by atomic mass is 19.4. The molecule has 1 unspecified atom stereocenters. The number of aryl methyl sites for hydroxylation is 1. The third kappa shape index (κ3) is 7.23. The van der Waals surface area contributed by atoms with Gasteiger partial charge in [0.25, 0.3) is 11.1 Å². The summed E-state index contributed by atoms with van der Waals surface area (Å²) in [7, 11) is 0. The van der Waals surface area contributed by atoms with Gasteiger partial charge in [-0.05, 0) is 37.1 Å². The molecule has 0 radical (unpaired) electrons. The van der Waals surface area contributed by atoms with Gasteiger partial charge in [-0.15, -0.1) is 0 Å². The molecular formula is C24H19F8N7O3. The molecule has 0 aromatic carbocycles. The first-order valence-electron chi connectivity index (χ1n) is 11.9. The smallest absolute Gasteiger partial charge is 0.378 e. The molecule has 224 valence electrons. The van der Waals surface area contributed by atoms with E-state index in [1.54, 1.807) is 5.10 Å². The lowest BCUT2D eigenvalue weighted by Gasteiger charge is -2.22. The zero-order chi connectivity index (χ0) is 30.7. The summed E-state index contributed by atoms with van der Waals surface area (Å²) in [6.07, 6.45) is -7.13. The van der Waals surface area contributed by atoms with Gasteiger partial charge >= 0.3 is 19.0 Å². The summed E-state index contributed by atoms with van der Waals surface area (Å²) in [6.45, 7) is -3.97. The van der Waals surface area contributed by atoms with Gasteiger partial charge in [-0.25, -0.2) is 15.1 Å². The fourth-order valence-corrected chi connectivity index (χ4v) is 3.96. The number of anilines is 1. The standard InChI is InChI=1S/C24H19F8N7O3/c25-22(26)42-10-13(36-17-9-35-38-20(40)18(17)24(30,31)32)2-1-7-39-11-34-19-14(21(39)41)4-6-16(37-19)15-5-3-12(8-33-15)23(27,28)29/h3-6,8-9,11,13,22H,1-2,7,10H2,(H2,36,38,40). The molecule has 0 fully saturated rings. The minimum Gasteiger partial charge on any atom is -0.378 e. The maximum Gasteiger partial charge on any atom is 0.423 e. The summed E-state index contributed by atoms with van der Waals surface area (Å²) in [5.41, 5.74) is -5.07. The lowest BCUT2D eigenvalue weighted by Crippen LogP contribution is -2.32. The van der Waals surface area contributed by atoms with Crippen LogP contribution in [0.2, 0.25) is 0 Å². The van der Waals surface area contributed by atoms with E-state index in [2.05, 4.69) is 30.1 Å². The van der Waals surface area contributed by atoms with E-state index in [4.69, 9.17) is 0 Å². The van der Waals surface area contributed by atoms with Crippen LogP contribution in [0.1, 0.15) is 24.0 Å². The molecule has 0 spiro atoms. The minimum atomic E-state index is -5.06. The Balaban J connectivity index is 1.49. The average Bonchev–Trinajstić information content (AvgIpc) is 2.91. The average molecular weight is 605 g/mol. The Labute approximate surface area is 229 Å². The summed E-state index contributed by atoms with van der Waals surface area (Å²) < 4.78 is 109. The molecule has 0 aliphatic carbocycles. The van der Waals surface area contributed by atoms with Crippen molar-refractivity contribution in [2.75, 3.05) is 11.9 Å². The maximum atomic E-state index is 13.4. The number of nitrogens with zero attached hydrogens (tertiary/aromatic N) is 5. The van der Waals surface area contributed by atoms with Crippen LogP contribution in [-0.2, 0) is 23.6 Å². The summed E-state index contributed by atoms with van der Waals surface area (Å²) in [5, 5.41) is 7.42. The van der Waals surface area contributed by atoms with Crippen molar-refractivity contribution >= 4 is 16.7 Å². The van der Waals surface area contributed by atoms with Crippen LogP contribution in [0, 0.1) is 0 Å². The van der Waals surface area contributed by atoms with Crippen LogP contribution in [0.25, 0.3) is 22.4 Å². The molecular weight excluding hydrogens is 586 g/mol. The second-order valence-electron chi connectivity index (χ2n) is 8.80. The van der Waals surface area contributed by atoms with Crippen molar-refractivity contribution in [3.8, 4) is 11.4 Å². The molecule has 1 atom stereocenters. The molecule has 0 amide bonds. The number of H-pyrrole nitrogens is 1. The Morgan fingerprint density at radius 2 is 1.69 bits per heavy atom. The highest BCUT2D eigenvalue weighted by Crippen LogP contribution is 2.32. The fraction of sp³-hybridized carbons (Fsp3) is 0.333. The number of pyridine rings is 2. The molecule has 0 bridgehead atoms. The van der Waals surface area contributed by atoms with Gasteiger partial charge in [0.2, 0.25) is 0 Å². The molecule has 18 heteroatoms. The fourth-order valence-electron chi connectivity index (χ4n) is 3.96. The van der Waals surface area contributed by atoms with Crippen molar-refractivity contribution < 1.29 is 39.9 Å². The number of hydrogen-bond donors (Lipinski definition) is 2. The zero-order valence-corrected chi connectivity index (χ0v) is 21.0. The number of hydrogen-bond acceptors (Lipinski definition) is 8. The summed E-state index contributed by atoms with van der Waals surface area (Å²) >= 11 is 0. The van der Waals surface area contributed by atoms with Crippen LogP contribution < -0.4 is 16.4 Å². The maximum absolute atomic E-state index is 13.4. The molecule has 4 aromatic rings. The zero-order valence-electron chi connectivity index (χ0n) is 21.0. The molecule has 0 aliphatic heterocycles. The highest BCUT2D eigenvalue weighted by Gasteiger charge is 2.38. The van der Waals surface area contributed by atoms with E-state index in [1.165, 1.54) is 16.7 Å². The third-order valence-corrected chi connectivity index (χ3v) is 5.91. The number of halogens is 8. The normalized spacial score (nSPS) is 13.1. The number of aromatic amines is 1. The molecule has 4 aromatic heterocycles. The van der Waals surface area contributed by atoms with Crippen LogP contribution in [0.3, 0.4) is 0 Å². The Bertz CT molecular complexity index is 1650. The van der Waals surface area contributed by atoms with Crippen molar-refractivity contribution in [2.45, 2.75) is 44.4 Å². The van der Waals surface area contributed by atoms with Gasteiger partial charge in [0.1, 0.15) is 5.56 Å². The molecule has 42 heavy (non-hydrogen) atoms. The molecule has 4 rings (SSSR count). The largest absolute Gasteiger partial charge is 0.423 e. The Kier molecular flexibility index (Phi) is 8.83. The summed E-state index contributed by atoms with van der Waals surface area (Å²) in [4.78, 5) is 36.7. The highest BCUT2D eigenvalue weighted by molar-refractivity contribution is 5.76. The van der Waals surface area contributed by atoms with Gasteiger partial charge in [0.05, 0.1) is 47.2 Å². The summed E-state index contributed by atoms with van der Waals surface area (Å²) in [5.74, 6) is 0. The minimum absolute atomic E-state index is 0.0122. The predicted molar refractivity (Wildman–Crippen MR) is 130 cm³/mol. The summed E-state index contributed by atoms with van der Waals surface area (Å²) in [6, 6.07) is 3.57. The Hall–Kier alpha value is -4.48. The van der Waals surface area contributed by atoms with E-state index >= 15 is 0 Å². The van der Waals surface area contributed by atoms with Crippen LogP contribution in [0.15, 0.2) is 52.6 Å². The van der Waals surface area contributed by atoms with Crippen LogP contribution in [0.4, 0.5) is 40.8 Å². The second-order valence-corrected chi connectivity index (χ2v) is 8.80. The number of fused-ring (bicyclic) bond motifs is 1. The number of rotatable bonds is 10. The van der Waals surface area contributed by atoms with Crippen LogP contribution in [0.5, 0.6) is 0 Å². The van der Waals surface area contributed by atoms with Crippen molar-refractivity contribution in [3.63, 3.8) is 0 Å².